The lowest BCUT2D eigenvalue weighted by Crippen LogP contribution is -2.50. The number of hydrogen-bond acceptors (Lipinski definition) is 4. The van der Waals surface area contributed by atoms with Gasteiger partial charge in [0, 0.05) is 30.7 Å². The molecule has 1 amide bonds. The first-order chi connectivity index (χ1) is 9.99. The summed E-state index contributed by atoms with van der Waals surface area (Å²) in [5.74, 6) is 0.161. The molecule has 2 atom stereocenters. The third-order valence-electron chi connectivity index (χ3n) is 3.66. The van der Waals surface area contributed by atoms with Crippen molar-refractivity contribution in [2.24, 2.45) is 0 Å². The van der Waals surface area contributed by atoms with Crippen molar-refractivity contribution in [2.75, 3.05) is 37.8 Å². The van der Waals surface area contributed by atoms with E-state index in [4.69, 9.17) is 4.74 Å². The van der Waals surface area contributed by atoms with E-state index >= 15 is 0 Å². The number of hydrogen-bond donors (Lipinski definition) is 0. The van der Waals surface area contributed by atoms with Gasteiger partial charge in [-0.05, 0) is 44.4 Å². The first-order valence-electron chi connectivity index (χ1n) is 7.28. The number of morpholine rings is 1. The predicted molar refractivity (Wildman–Crippen MR) is 88.1 cm³/mol. The van der Waals surface area contributed by atoms with Crippen LogP contribution in [0.5, 0.6) is 0 Å². The monoisotopic (exact) mass is 308 g/mol. The Morgan fingerprint density at radius 3 is 2.38 bits per heavy atom. The van der Waals surface area contributed by atoms with Gasteiger partial charge in [0.25, 0.3) is 0 Å². The van der Waals surface area contributed by atoms with Crippen LogP contribution < -0.4 is 4.90 Å². The van der Waals surface area contributed by atoms with Gasteiger partial charge in [-0.2, -0.15) is 0 Å². The van der Waals surface area contributed by atoms with E-state index in [1.807, 2.05) is 30.7 Å². The number of rotatable bonds is 4. The second-order valence-corrected chi connectivity index (χ2v) is 6.49. The molecule has 1 saturated heterocycles. The van der Waals surface area contributed by atoms with Gasteiger partial charge in [0.1, 0.15) is 0 Å². The molecular formula is C16H24N2O2S. The quantitative estimate of drug-likeness (QED) is 0.800. The number of anilines is 1. The van der Waals surface area contributed by atoms with Crippen molar-refractivity contribution >= 4 is 23.4 Å². The number of carbonyl (C=O) groups is 1. The Balaban J connectivity index is 1.94. The lowest BCUT2D eigenvalue weighted by molar-refractivity contribution is -0.141. The van der Waals surface area contributed by atoms with Crippen LogP contribution in [0.15, 0.2) is 29.2 Å². The fourth-order valence-corrected chi connectivity index (χ4v) is 3.02. The molecule has 1 aromatic carbocycles. The van der Waals surface area contributed by atoms with Crippen molar-refractivity contribution in [2.45, 2.75) is 31.0 Å². The van der Waals surface area contributed by atoms with E-state index in [2.05, 4.69) is 30.5 Å². The second-order valence-electron chi connectivity index (χ2n) is 5.61. The molecule has 21 heavy (non-hydrogen) atoms. The Morgan fingerprint density at radius 1 is 1.29 bits per heavy atom. The van der Waals surface area contributed by atoms with Crippen molar-refractivity contribution in [3.63, 3.8) is 0 Å². The summed E-state index contributed by atoms with van der Waals surface area (Å²) >= 11 is 1.72. The minimum Gasteiger partial charge on any atom is -0.372 e. The molecule has 1 aliphatic heterocycles. The molecule has 1 aromatic rings. The lowest BCUT2D eigenvalue weighted by Gasteiger charge is -2.36. The smallest absolute Gasteiger partial charge is 0.242 e. The molecule has 1 fully saturated rings. The molecule has 0 aliphatic carbocycles. The highest BCUT2D eigenvalue weighted by Crippen LogP contribution is 2.20. The number of nitrogens with zero attached hydrogens (tertiary/aromatic N) is 2. The summed E-state index contributed by atoms with van der Waals surface area (Å²) in [6.45, 7) is 5.80. The van der Waals surface area contributed by atoms with Crippen molar-refractivity contribution < 1.29 is 9.53 Å². The highest BCUT2D eigenvalue weighted by molar-refractivity contribution is 7.98. The summed E-state index contributed by atoms with van der Waals surface area (Å²) in [5.41, 5.74) is 1.07. The van der Waals surface area contributed by atoms with Crippen LogP contribution in [0.1, 0.15) is 13.8 Å². The van der Waals surface area contributed by atoms with Crippen molar-refractivity contribution in [3.8, 4) is 0 Å². The summed E-state index contributed by atoms with van der Waals surface area (Å²) in [6.07, 6.45) is 2.29. The molecule has 1 aliphatic rings. The van der Waals surface area contributed by atoms with Crippen LogP contribution in [0.4, 0.5) is 5.69 Å². The molecule has 5 heteroatoms. The van der Waals surface area contributed by atoms with Gasteiger partial charge in [-0.3, -0.25) is 4.79 Å². The van der Waals surface area contributed by atoms with Crippen molar-refractivity contribution in [1.82, 2.24) is 4.90 Å². The zero-order chi connectivity index (χ0) is 15.4. The maximum Gasteiger partial charge on any atom is 0.242 e. The number of amides is 1. The van der Waals surface area contributed by atoms with E-state index in [-0.39, 0.29) is 18.1 Å². The van der Waals surface area contributed by atoms with Crippen molar-refractivity contribution in [1.29, 1.82) is 0 Å². The van der Waals surface area contributed by atoms with Gasteiger partial charge in [-0.15, -0.1) is 11.8 Å². The van der Waals surface area contributed by atoms with Gasteiger partial charge >= 0.3 is 0 Å². The first-order valence-corrected chi connectivity index (χ1v) is 8.50. The third-order valence-corrected chi connectivity index (χ3v) is 4.40. The average Bonchev–Trinajstić information content (AvgIpc) is 2.46. The Morgan fingerprint density at radius 2 is 1.86 bits per heavy atom. The number of likely N-dealkylation sites (N-methyl/N-ethyl adjacent to an activating group) is 1. The fourth-order valence-electron chi connectivity index (χ4n) is 2.61. The molecule has 2 unspecified atom stereocenters. The molecular weight excluding hydrogens is 284 g/mol. The molecule has 116 valence electrons. The predicted octanol–water partition coefficient (Wildman–Crippen LogP) is 2.48. The Labute approximate surface area is 131 Å². The molecule has 0 radical (unpaired) electrons. The lowest BCUT2D eigenvalue weighted by atomic mass is 10.2. The van der Waals surface area contributed by atoms with Crippen LogP contribution in [0, 0.1) is 0 Å². The Bertz CT molecular complexity index is 468. The minimum absolute atomic E-state index is 0.115. The molecule has 1 heterocycles. The summed E-state index contributed by atoms with van der Waals surface area (Å²) in [6, 6.07) is 8.28. The fraction of sp³-hybridized carbons (Fsp3) is 0.562. The Hall–Kier alpha value is -1.20. The van der Waals surface area contributed by atoms with Crippen LogP contribution in [-0.4, -0.2) is 56.0 Å². The summed E-state index contributed by atoms with van der Waals surface area (Å²) in [5, 5.41) is 0. The normalized spacial score (nSPS) is 22.2. The van der Waals surface area contributed by atoms with E-state index in [0.29, 0.717) is 19.6 Å². The largest absolute Gasteiger partial charge is 0.372 e. The van der Waals surface area contributed by atoms with E-state index < -0.39 is 0 Å². The first kappa shape index (κ1) is 16.2. The maximum absolute atomic E-state index is 12.4. The van der Waals surface area contributed by atoms with Crippen LogP contribution in [0.3, 0.4) is 0 Å². The molecule has 0 bridgehead atoms. The van der Waals surface area contributed by atoms with Crippen molar-refractivity contribution in [3.05, 3.63) is 24.3 Å². The van der Waals surface area contributed by atoms with E-state index in [1.165, 1.54) is 4.90 Å². The van der Waals surface area contributed by atoms with Crippen LogP contribution in [0.25, 0.3) is 0 Å². The molecule has 0 N–H and O–H groups in total. The van der Waals surface area contributed by atoms with Crippen LogP contribution >= 0.6 is 11.8 Å². The molecule has 0 aromatic heterocycles. The van der Waals surface area contributed by atoms with Crippen LogP contribution in [-0.2, 0) is 9.53 Å². The van der Waals surface area contributed by atoms with Gasteiger partial charge in [0.2, 0.25) is 5.91 Å². The highest BCUT2D eigenvalue weighted by Gasteiger charge is 2.26. The average molecular weight is 308 g/mol. The topological polar surface area (TPSA) is 32.8 Å². The Kier molecular flexibility index (Phi) is 5.53. The number of ether oxygens (including phenoxy) is 1. The molecule has 0 spiro atoms. The second kappa shape index (κ2) is 7.18. The van der Waals surface area contributed by atoms with Crippen LogP contribution in [0.2, 0.25) is 0 Å². The zero-order valence-corrected chi connectivity index (χ0v) is 14.0. The van der Waals surface area contributed by atoms with E-state index in [1.54, 1.807) is 11.8 Å². The standard InChI is InChI=1S/C16H24N2O2S/c1-12-9-18(10-13(2)20-12)16(19)11-17(3)14-5-7-15(21-4)8-6-14/h5-8,12-13H,9-11H2,1-4H3. The SMILES string of the molecule is CSc1ccc(N(C)CC(=O)N2CC(C)OC(C)C2)cc1. The van der Waals surface area contributed by atoms with Gasteiger partial charge in [0.05, 0.1) is 18.8 Å². The summed E-state index contributed by atoms with van der Waals surface area (Å²) in [4.78, 5) is 17.6. The molecule has 2 rings (SSSR count). The van der Waals surface area contributed by atoms with Gasteiger partial charge in [-0.1, -0.05) is 0 Å². The third kappa shape index (κ3) is 4.38. The number of benzene rings is 1. The van der Waals surface area contributed by atoms with E-state index in [9.17, 15) is 4.79 Å². The number of thioether (sulfide) groups is 1. The zero-order valence-electron chi connectivity index (χ0n) is 13.2. The van der Waals surface area contributed by atoms with Gasteiger partial charge in [-0.25, -0.2) is 0 Å². The number of carbonyl (C=O) groups excluding carboxylic acids is 1. The highest BCUT2D eigenvalue weighted by atomic mass is 32.2. The molecule has 0 saturated carbocycles. The van der Waals surface area contributed by atoms with Gasteiger partial charge in [0.15, 0.2) is 0 Å². The minimum atomic E-state index is 0.115. The summed E-state index contributed by atoms with van der Waals surface area (Å²) < 4.78 is 5.67. The maximum atomic E-state index is 12.4. The van der Waals surface area contributed by atoms with E-state index in [0.717, 1.165) is 5.69 Å². The molecule has 4 nitrogen and oxygen atoms in total. The van der Waals surface area contributed by atoms with Gasteiger partial charge < -0.3 is 14.5 Å². The summed E-state index contributed by atoms with van der Waals surface area (Å²) in [7, 11) is 1.96.